The molecule has 1 saturated carbocycles. The zero-order chi connectivity index (χ0) is 19.4. The maximum absolute atomic E-state index is 13.9. The number of nitrogens with zero attached hydrogens (tertiary/aromatic N) is 2. The van der Waals surface area contributed by atoms with Crippen LogP contribution in [0.3, 0.4) is 0 Å². The summed E-state index contributed by atoms with van der Waals surface area (Å²) >= 11 is 0. The van der Waals surface area contributed by atoms with E-state index in [1.54, 1.807) is 18.2 Å². The quantitative estimate of drug-likeness (QED) is 0.423. The van der Waals surface area contributed by atoms with E-state index in [4.69, 9.17) is 4.74 Å². The van der Waals surface area contributed by atoms with E-state index in [0.29, 0.717) is 5.56 Å². The second kappa shape index (κ2) is 7.94. The number of carbonyl (C=O) groups is 2. The van der Waals surface area contributed by atoms with Crippen LogP contribution in [0.25, 0.3) is 0 Å². The number of benzene rings is 2. The molecule has 0 saturated heterocycles. The lowest BCUT2D eigenvalue weighted by atomic mass is 10.2. The third kappa shape index (κ3) is 4.46. The molecule has 0 aliphatic heterocycles. The van der Waals surface area contributed by atoms with Crippen molar-refractivity contribution in [3.63, 3.8) is 0 Å². The Balaban J connectivity index is 1.66. The zero-order valence-electron chi connectivity index (χ0n) is 14.3. The van der Waals surface area contributed by atoms with E-state index in [0.717, 1.165) is 12.8 Å². The van der Waals surface area contributed by atoms with Gasteiger partial charge in [-0.2, -0.15) is 0 Å². The topological polar surface area (TPSA) is 89.8 Å². The highest BCUT2D eigenvalue weighted by molar-refractivity contribution is 5.95. The van der Waals surface area contributed by atoms with E-state index in [9.17, 15) is 24.1 Å². The van der Waals surface area contributed by atoms with Crippen LogP contribution in [0.5, 0.6) is 0 Å². The standard InChI is InChI=1S/C19H17FN2O5/c20-16-7-3-1-5-13(16)11-21(14-9-10-14)18(23)12-27-19(24)15-6-2-4-8-17(15)22(25)26/h1-8,14H,9-12H2. The van der Waals surface area contributed by atoms with E-state index >= 15 is 0 Å². The van der Waals surface area contributed by atoms with Crippen molar-refractivity contribution < 1.29 is 23.6 Å². The van der Waals surface area contributed by atoms with Gasteiger partial charge >= 0.3 is 5.97 Å². The first-order valence-electron chi connectivity index (χ1n) is 8.41. The number of nitro groups is 1. The van der Waals surface area contributed by atoms with Gasteiger partial charge in [-0.25, -0.2) is 9.18 Å². The highest BCUT2D eigenvalue weighted by atomic mass is 19.1. The summed E-state index contributed by atoms with van der Waals surface area (Å²) in [4.78, 5) is 36.4. The molecule has 0 N–H and O–H groups in total. The SMILES string of the molecule is O=C(OCC(=O)N(Cc1ccccc1F)C1CC1)c1ccccc1[N+](=O)[O-]. The first-order chi connectivity index (χ1) is 13.0. The summed E-state index contributed by atoms with van der Waals surface area (Å²) in [6.07, 6.45) is 1.61. The van der Waals surface area contributed by atoms with Crippen molar-refractivity contribution in [2.45, 2.75) is 25.4 Å². The van der Waals surface area contributed by atoms with Crippen molar-refractivity contribution in [1.82, 2.24) is 4.90 Å². The largest absolute Gasteiger partial charge is 0.452 e. The number of esters is 1. The van der Waals surface area contributed by atoms with Gasteiger partial charge in [0.25, 0.3) is 11.6 Å². The summed E-state index contributed by atoms with van der Waals surface area (Å²) in [5.41, 5.74) is -0.231. The number of para-hydroxylation sites is 1. The second-order valence-electron chi connectivity index (χ2n) is 6.19. The first-order valence-corrected chi connectivity index (χ1v) is 8.41. The predicted octanol–water partition coefficient (Wildman–Crippen LogP) is 3.08. The van der Waals surface area contributed by atoms with Crippen LogP contribution in [0, 0.1) is 15.9 Å². The Labute approximate surface area is 154 Å². The molecule has 1 aliphatic carbocycles. The van der Waals surface area contributed by atoms with Crippen LogP contribution in [0.15, 0.2) is 48.5 Å². The lowest BCUT2D eigenvalue weighted by Gasteiger charge is -2.22. The van der Waals surface area contributed by atoms with Gasteiger partial charge in [0.1, 0.15) is 11.4 Å². The third-order valence-electron chi connectivity index (χ3n) is 4.25. The summed E-state index contributed by atoms with van der Waals surface area (Å²) in [5.74, 6) is -1.82. The minimum absolute atomic E-state index is 0.0122. The lowest BCUT2D eigenvalue weighted by molar-refractivity contribution is -0.385. The van der Waals surface area contributed by atoms with Gasteiger partial charge in [0.15, 0.2) is 6.61 Å². The number of nitro benzene ring substituents is 1. The summed E-state index contributed by atoms with van der Waals surface area (Å²) in [6, 6.07) is 11.5. The summed E-state index contributed by atoms with van der Waals surface area (Å²) in [7, 11) is 0. The molecule has 1 aliphatic rings. The second-order valence-corrected chi connectivity index (χ2v) is 6.19. The maximum atomic E-state index is 13.9. The molecule has 2 aromatic rings. The Morgan fingerprint density at radius 2 is 1.81 bits per heavy atom. The molecule has 0 atom stereocenters. The number of hydrogen-bond acceptors (Lipinski definition) is 5. The number of hydrogen-bond donors (Lipinski definition) is 0. The number of halogens is 1. The van der Waals surface area contributed by atoms with Gasteiger partial charge in [0, 0.05) is 24.2 Å². The van der Waals surface area contributed by atoms with Gasteiger partial charge in [-0.3, -0.25) is 14.9 Å². The average Bonchev–Trinajstić information content (AvgIpc) is 3.50. The van der Waals surface area contributed by atoms with E-state index in [1.807, 2.05) is 0 Å². The molecule has 0 aromatic heterocycles. The zero-order valence-corrected chi connectivity index (χ0v) is 14.3. The highest BCUT2D eigenvalue weighted by Gasteiger charge is 2.33. The fourth-order valence-corrected chi connectivity index (χ4v) is 2.71. The molecule has 8 heteroatoms. The summed E-state index contributed by atoms with van der Waals surface area (Å²) in [5, 5.41) is 11.0. The Morgan fingerprint density at radius 3 is 2.48 bits per heavy atom. The normalized spacial score (nSPS) is 13.1. The molecule has 1 amide bonds. The molecule has 0 unspecified atom stereocenters. The molecule has 3 rings (SSSR count). The van der Waals surface area contributed by atoms with E-state index < -0.39 is 29.2 Å². The van der Waals surface area contributed by atoms with Gasteiger partial charge in [-0.1, -0.05) is 30.3 Å². The molecule has 0 heterocycles. The van der Waals surface area contributed by atoms with Crippen molar-refractivity contribution in [1.29, 1.82) is 0 Å². The van der Waals surface area contributed by atoms with Crippen molar-refractivity contribution in [3.05, 3.63) is 75.6 Å². The van der Waals surface area contributed by atoms with Gasteiger partial charge in [-0.15, -0.1) is 0 Å². The highest BCUT2D eigenvalue weighted by Crippen LogP contribution is 2.29. The van der Waals surface area contributed by atoms with Crippen molar-refractivity contribution in [3.8, 4) is 0 Å². The molecule has 2 aromatic carbocycles. The van der Waals surface area contributed by atoms with E-state index in [1.165, 1.54) is 35.2 Å². The number of ether oxygens (including phenoxy) is 1. The molecule has 7 nitrogen and oxygen atoms in total. The molecule has 0 radical (unpaired) electrons. The van der Waals surface area contributed by atoms with Gasteiger partial charge in [0.05, 0.1) is 4.92 Å². The number of carbonyl (C=O) groups excluding carboxylic acids is 2. The third-order valence-corrected chi connectivity index (χ3v) is 4.25. The fraction of sp³-hybridized carbons (Fsp3) is 0.263. The van der Waals surface area contributed by atoms with Gasteiger partial charge in [-0.05, 0) is 25.0 Å². The molecule has 140 valence electrons. The Bertz CT molecular complexity index is 882. The van der Waals surface area contributed by atoms with Gasteiger partial charge in [0.2, 0.25) is 0 Å². The van der Waals surface area contributed by atoms with Crippen LogP contribution in [0.1, 0.15) is 28.8 Å². The molecule has 1 fully saturated rings. The maximum Gasteiger partial charge on any atom is 0.345 e. The molecule has 27 heavy (non-hydrogen) atoms. The summed E-state index contributed by atoms with van der Waals surface area (Å²) in [6.45, 7) is -0.477. The molecule has 0 bridgehead atoms. The molecular weight excluding hydrogens is 355 g/mol. The van der Waals surface area contributed by atoms with Gasteiger partial charge < -0.3 is 9.64 Å². The lowest BCUT2D eigenvalue weighted by Crippen LogP contribution is -2.36. The average molecular weight is 372 g/mol. The smallest absolute Gasteiger partial charge is 0.345 e. The van der Waals surface area contributed by atoms with Crippen LogP contribution >= 0.6 is 0 Å². The van der Waals surface area contributed by atoms with Crippen LogP contribution in [-0.2, 0) is 16.1 Å². The predicted molar refractivity (Wildman–Crippen MR) is 93.4 cm³/mol. The minimum atomic E-state index is -0.947. The Hall–Kier alpha value is -3.29. The van der Waals surface area contributed by atoms with Crippen LogP contribution in [0.2, 0.25) is 0 Å². The first kappa shape index (κ1) is 18.5. The van der Waals surface area contributed by atoms with Crippen molar-refractivity contribution in [2.24, 2.45) is 0 Å². The molecule has 0 spiro atoms. The van der Waals surface area contributed by atoms with E-state index in [-0.39, 0.29) is 23.8 Å². The Kier molecular flexibility index (Phi) is 5.44. The van der Waals surface area contributed by atoms with Crippen molar-refractivity contribution >= 4 is 17.6 Å². The Morgan fingerprint density at radius 1 is 1.15 bits per heavy atom. The number of rotatable bonds is 7. The van der Waals surface area contributed by atoms with Crippen LogP contribution in [-0.4, -0.2) is 34.3 Å². The molecular formula is C19H17FN2O5. The number of amides is 1. The monoisotopic (exact) mass is 372 g/mol. The fourth-order valence-electron chi connectivity index (χ4n) is 2.71. The van der Waals surface area contributed by atoms with Crippen LogP contribution < -0.4 is 0 Å². The van der Waals surface area contributed by atoms with E-state index in [2.05, 4.69) is 0 Å². The van der Waals surface area contributed by atoms with Crippen molar-refractivity contribution in [2.75, 3.05) is 6.61 Å². The van der Waals surface area contributed by atoms with Crippen LogP contribution in [0.4, 0.5) is 10.1 Å². The summed E-state index contributed by atoms with van der Waals surface area (Å²) < 4.78 is 18.8. The minimum Gasteiger partial charge on any atom is -0.452 e.